The number of ether oxygens (including phenoxy) is 1. The summed E-state index contributed by atoms with van der Waals surface area (Å²) in [5, 5.41) is 9.79. The summed E-state index contributed by atoms with van der Waals surface area (Å²) >= 11 is 0. The van der Waals surface area contributed by atoms with Crippen molar-refractivity contribution >= 4 is 18.3 Å². The Balaban J connectivity index is 0.000000941. The molecule has 0 aromatic heterocycles. The molecule has 2 N–H and O–H groups in total. The number of nitrogens with zero attached hydrogens (tertiary/aromatic N) is 3. The van der Waals surface area contributed by atoms with Crippen molar-refractivity contribution in [3.63, 3.8) is 0 Å². The van der Waals surface area contributed by atoms with Crippen LogP contribution in [0.1, 0.15) is 39.5 Å². The van der Waals surface area contributed by atoms with Crippen molar-refractivity contribution in [3.8, 4) is 0 Å². The molecule has 0 bridgehead atoms. The summed E-state index contributed by atoms with van der Waals surface area (Å²) in [6, 6.07) is -0.327. The Hall–Kier alpha value is -1.71. The van der Waals surface area contributed by atoms with Gasteiger partial charge in [0, 0.05) is 39.3 Å². The number of likely N-dealkylation sites (N-methyl/N-ethyl adjacent to an activating group) is 1. The second-order valence-electron chi connectivity index (χ2n) is 7.93. The first-order valence-electron chi connectivity index (χ1n) is 10.7. The van der Waals surface area contributed by atoms with Gasteiger partial charge >= 0.3 is 0 Å². The Kier molecular flexibility index (Phi) is 9.32. The van der Waals surface area contributed by atoms with Gasteiger partial charge in [-0.25, -0.2) is 0 Å². The minimum absolute atomic E-state index is 0.0118. The Bertz CT molecular complexity index is 551. The molecule has 2 amide bonds. The number of carboxylic acid groups (broad SMARTS) is 1. The number of piperidine rings is 1. The Morgan fingerprint density at radius 1 is 1.28 bits per heavy atom. The monoisotopic (exact) mass is 412 g/mol. The fourth-order valence-corrected chi connectivity index (χ4v) is 4.52. The molecule has 0 radical (unpaired) electrons. The fourth-order valence-electron chi connectivity index (χ4n) is 4.52. The third kappa shape index (κ3) is 6.38. The first-order chi connectivity index (χ1) is 14.0. The van der Waals surface area contributed by atoms with E-state index in [4.69, 9.17) is 14.6 Å². The highest BCUT2D eigenvalue weighted by Gasteiger charge is 2.41. The first kappa shape index (κ1) is 23.6. The maximum absolute atomic E-state index is 12.9. The number of rotatable bonds is 5. The largest absolute Gasteiger partial charge is 0.483 e. The molecule has 0 aromatic rings. The van der Waals surface area contributed by atoms with Gasteiger partial charge in [-0.2, -0.15) is 0 Å². The highest BCUT2D eigenvalue weighted by atomic mass is 16.5. The number of carbonyl (C=O) groups is 3. The van der Waals surface area contributed by atoms with Crippen molar-refractivity contribution in [2.45, 2.75) is 51.2 Å². The maximum atomic E-state index is 12.9. The second-order valence-corrected chi connectivity index (χ2v) is 7.93. The molecule has 0 aliphatic carbocycles. The van der Waals surface area contributed by atoms with Gasteiger partial charge in [-0.05, 0) is 32.4 Å². The van der Waals surface area contributed by atoms with Gasteiger partial charge in [0.2, 0.25) is 11.8 Å². The summed E-state index contributed by atoms with van der Waals surface area (Å²) < 4.78 is 6.16. The third-order valence-corrected chi connectivity index (χ3v) is 6.12. The molecule has 3 fully saturated rings. The first-order valence-corrected chi connectivity index (χ1v) is 10.7. The van der Waals surface area contributed by atoms with E-state index in [9.17, 15) is 9.59 Å². The lowest BCUT2D eigenvalue weighted by atomic mass is 9.89. The van der Waals surface area contributed by atoms with Gasteiger partial charge < -0.3 is 25.0 Å². The van der Waals surface area contributed by atoms with Crippen LogP contribution < -0.4 is 5.32 Å². The number of morpholine rings is 1. The molecule has 1 spiro atoms. The topological polar surface area (TPSA) is 102 Å². The lowest BCUT2D eigenvalue weighted by Crippen LogP contribution is -2.60. The van der Waals surface area contributed by atoms with E-state index in [1.807, 2.05) is 11.8 Å². The van der Waals surface area contributed by atoms with E-state index in [0.717, 1.165) is 45.6 Å². The van der Waals surface area contributed by atoms with Gasteiger partial charge in [-0.3, -0.25) is 19.3 Å². The minimum atomic E-state index is -0.327. The van der Waals surface area contributed by atoms with Crippen molar-refractivity contribution in [1.29, 1.82) is 0 Å². The van der Waals surface area contributed by atoms with Crippen LogP contribution in [-0.2, 0) is 19.1 Å². The van der Waals surface area contributed by atoms with Crippen LogP contribution in [-0.4, -0.2) is 109 Å². The van der Waals surface area contributed by atoms with E-state index in [1.54, 1.807) is 0 Å². The molecule has 9 heteroatoms. The summed E-state index contributed by atoms with van der Waals surface area (Å²) in [5.74, 6) is 0.0754. The van der Waals surface area contributed by atoms with Crippen LogP contribution >= 0.6 is 0 Å². The molecular formula is C20H36N4O5. The average molecular weight is 413 g/mol. The van der Waals surface area contributed by atoms with Gasteiger partial charge in [0.1, 0.15) is 0 Å². The number of piperazine rings is 1. The molecule has 3 aliphatic rings. The van der Waals surface area contributed by atoms with Crippen LogP contribution in [0.2, 0.25) is 0 Å². The van der Waals surface area contributed by atoms with E-state index in [0.29, 0.717) is 26.2 Å². The maximum Gasteiger partial charge on any atom is 0.290 e. The molecular weight excluding hydrogens is 376 g/mol. The molecule has 3 aliphatic heterocycles. The zero-order valence-corrected chi connectivity index (χ0v) is 17.8. The molecule has 0 saturated carbocycles. The van der Waals surface area contributed by atoms with E-state index >= 15 is 0 Å². The zero-order chi connectivity index (χ0) is 21.3. The summed E-state index contributed by atoms with van der Waals surface area (Å²) in [4.78, 5) is 40.0. The van der Waals surface area contributed by atoms with E-state index < -0.39 is 0 Å². The minimum Gasteiger partial charge on any atom is -0.483 e. The van der Waals surface area contributed by atoms with Crippen LogP contribution in [0.5, 0.6) is 0 Å². The Labute approximate surface area is 173 Å². The molecule has 3 saturated heterocycles. The lowest BCUT2D eigenvalue weighted by Gasteiger charge is -2.47. The second kappa shape index (κ2) is 11.5. The number of carbonyl (C=O) groups excluding carboxylic acids is 2. The van der Waals surface area contributed by atoms with Gasteiger partial charge in [0.25, 0.3) is 6.47 Å². The number of hydrogen-bond donors (Lipinski definition) is 2. The normalized spacial score (nSPS) is 25.1. The number of likely N-dealkylation sites (tertiary alicyclic amines) is 1. The van der Waals surface area contributed by atoms with Gasteiger partial charge in [-0.15, -0.1) is 0 Å². The highest BCUT2D eigenvalue weighted by molar-refractivity contribution is 5.88. The van der Waals surface area contributed by atoms with Crippen LogP contribution in [0, 0.1) is 0 Å². The molecule has 0 aromatic carbocycles. The van der Waals surface area contributed by atoms with Gasteiger partial charge in [0.05, 0.1) is 24.7 Å². The smallest absolute Gasteiger partial charge is 0.290 e. The molecule has 29 heavy (non-hydrogen) atoms. The van der Waals surface area contributed by atoms with Gasteiger partial charge in [-0.1, -0.05) is 13.8 Å². The lowest BCUT2D eigenvalue weighted by molar-refractivity contribution is -0.161. The quantitative estimate of drug-likeness (QED) is 0.613. The number of amides is 2. The predicted octanol–water partition coefficient (Wildman–Crippen LogP) is 0.00100. The molecule has 1 atom stereocenters. The predicted molar refractivity (Wildman–Crippen MR) is 109 cm³/mol. The molecule has 9 nitrogen and oxygen atoms in total. The van der Waals surface area contributed by atoms with Crippen molar-refractivity contribution in [2.24, 2.45) is 0 Å². The zero-order valence-electron chi connectivity index (χ0n) is 17.8. The van der Waals surface area contributed by atoms with E-state index in [2.05, 4.69) is 22.0 Å². The molecule has 166 valence electrons. The average Bonchev–Trinajstić information content (AvgIpc) is 2.72. The fraction of sp³-hybridized carbons (Fsp3) is 0.850. The van der Waals surface area contributed by atoms with Crippen LogP contribution in [0.25, 0.3) is 0 Å². The Morgan fingerprint density at radius 3 is 2.59 bits per heavy atom. The SMILES string of the molecule is CCCN1CCC2(CC1)CN(C(=O)CC1C(=O)NCCN1CC)CCO2.O=CO. The number of nitrogens with one attached hydrogen (secondary N) is 1. The van der Waals surface area contributed by atoms with E-state index in [-0.39, 0.29) is 36.4 Å². The van der Waals surface area contributed by atoms with Crippen molar-refractivity contribution in [3.05, 3.63) is 0 Å². The molecule has 1 unspecified atom stereocenters. The van der Waals surface area contributed by atoms with Crippen LogP contribution in [0.4, 0.5) is 0 Å². The molecule has 3 rings (SSSR count). The number of hydrogen-bond acceptors (Lipinski definition) is 6. The summed E-state index contributed by atoms with van der Waals surface area (Å²) in [6.45, 7) is 11.4. The summed E-state index contributed by atoms with van der Waals surface area (Å²) in [7, 11) is 0. The van der Waals surface area contributed by atoms with Crippen LogP contribution in [0.15, 0.2) is 0 Å². The van der Waals surface area contributed by atoms with Gasteiger partial charge in [0.15, 0.2) is 0 Å². The Morgan fingerprint density at radius 2 is 1.97 bits per heavy atom. The highest BCUT2D eigenvalue weighted by Crippen LogP contribution is 2.30. The van der Waals surface area contributed by atoms with Crippen molar-refractivity contribution < 1.29 is 24.2 Å². The summed E-state index contributed by atoms with van der Waals surface area (Å²) in [5.41, 5.74) is -0.183. The molecule has 3 heterocycles. The summed E-state index contributed by atoms with van der Waals surface area (Å²) in [6.07, 6.45) is 3.43. The standard InChI is InChI=1S/C19H34N4O3.CH2O2/c1-3-8-21-9-5-19(6-10-21)15-23(12-13-26-19)17(24)14-16-18(25)20-7-11-22(16)4-2;2-1-3/h16H,3-15H2,1-2H3,(H,20,25);1H,(H,2,3). The van der Waals surface area contributed by atoms with Crippen LogP contribution in [0.3, 0.4) is 0 Å². The van der Waals surface area contributed by atoms with E-state index in [1.165, 1.54) is 6.42 Å². The van der Waals surface area contributed by atoms with Crippen molar-refractivity contribution in [1.82, 2.24) is 20.0 Å². The van der Waals surface area contributed by atoms with Crippen molar-refractivity contribution in [2.75, 3.05) is 59.0 Å². The third-order valence-electron chi connectivity index (χ3n) is 6.12.